The van der Waals surface area contributed by atoms with E-state index in [1.807, 2.05) is 0 Å². The maximum atomic E-state index is 2.30. The summed E-state index contributed by atoms with van der Waals surface area (Å²) in [7, 11) is 4.14. The van der Waals surface area contributed by atoms with E-state index in [0.29, 0.717) is 0 Å². The molecule has 1 aromatic rings. The first-order valence-electron chi connectivity index (χ1n) is 5.82. The molecule has 16 heavy (non-hydrogen) atoms. The Hall–Kier alpha value is -1.50. The van der Waals surface area contributed by atoms with Gasteiger partial charge in [-0.25, -0.2) is 0 Å². The summed E-state index contributed by atoms with van der Waals surface area (Å²) >= 11 is 0. The molecule has 1 aromatic carbocycles. The third kappa shape index (κ3) is 2.35. The molecule has 0 amide bonds. The van der Waals surface area contributed by atoms with Crippen LogP contribution in [0.25, 0.3) is 5.57 Å². The minimum Gasteiger partial charge on any atom is -0.378 e. The predicted molar refractivity (Wildman–Crippen MR) is 71.7 cm³/mol. The van der Waals surface area contributed by atoms with Crippen molar-refractivity contribution in [1.82, 2.24) is 0 Å². The van der Waals surface area contributed by atoms with Crippen LogP contribution in [0.4, 0.5) is 5.69 Å². The quantitative estimate of drug-likeness (QED) is 0.720. The molecule has 0 spiro atoms. The molecule has 0 radical (unpaired) electrons. The van der Waals surface area contributed by atoms with E-state index in [-0.39, 0.29) is 0 Å². The fourth-order valence-corrected chi connectivity index (χ4v) is 2.06. The van der Waals surface area contributed by atoms with Gasteiger partial charge in [0.05, 0.1) is 0 Å². The van der Waals surface area contributed by atoms with Gasteiger partial charge in [0.1, 0.15) is 0 Å². The lowest BCUT2D eigenvalue weighted by Gasteiger charge is -2.15. The highest BCUT2D eigenvalue weighted by Gasteiger charge is 2.05. The maximum Gasteiger partial charge on any atom is 0.0361 e. The van der Waals surface area contributed by atoms with Crippen LogP contribution in [-0.4, -0.2) is 14.1 Å². The smallest absolute Gasteiger partial charge is 0.0361 e. The Bertz CT molecular complexity index is 421. The zero-order valence-corrected chi connectivity index (χ0v) is 10.3. The first-order chi connectivity index (χ1) is 7.66. The van der Waals surface area contributed by atoms with E-state index in [1.165, 1.54) is 35.2 Å². The second-order valence-corrected chi connectivity index (χ2v) is 4.60. The summed E-state index contributed by atoms with van der Waals surface area (Å²) in [6.07, 6.45) is 6.94. The third-order valence-electron chi connectivity index (χ3n) is 3.04. The molecular weight excluding hydrogens is 194 g/mol. The Labute approximate surface area is 98.1 Å². The van der Waals surface area contributed by atoms with Crippen molar-refractivity contribution in [3.8, 4) is 0 Å². The average Bonchev–Trinajstić information content (AvgIpc) is 2.29. The van der Waals surface area contributed by atoms with Crippen LogP contribution in [0.3, 0.4) is 0 Å². The van der Waals surface area contributed by atoms with E-state index in [2.05, 4.69) is 62.3 Å². The maximum absolute atomic E-state index is 2.30. The van der Waals surface area contributed by atoms with E-state index in [4.69, 9.17) is 0 Å². The molecule has 1 aliphatic carbocycles. The molecule has 2 rings (SSSR count). The lowest BCUT2D eigenvalue weighted by Crippen LogP contribution is -2.08. The molecule has 84 valence electrons. The molecule has 0 N–H and O–H groups in total. The molecule has 0 fully saturated rings. The highest BCUT2D eigenvalue weighted by molar-refractivity contribution is 5.70. The predicted octanol–water partition coefficient (Wildman–Crippen LogP) is 3.88. The summed E-state index contributed by atoms with van der Waals surface area (Å²) in [5, 5.41) is 0. The Morgan fingerprint density at radius 3 is 2.31 bits per heavy atom. The lowest BCUT2D eigenvalue weighted by molar-refractivity contribution is 1.03. The van der Waals surface area contributed by atoms with Crippen molar-refractivity contribution in [2.75, 3.05) is 19.0 Å². The second kappa shape index (κ2) is 4.56. The van der Waals surface area contributed by atoms with Crippen molar-refractivity contribution in [3.63, 3.8) is 0 Å². The van der Waals surface area contributed by atoms with Crippen LogP contribution in [0.15, 0.2) is 42.0 Å². The summed E-state index contributed by atoms with van der Waals surface area (Å²) in [6.45, 7) is 2.17. The van der Waals surface area contributed by atoms with Gasteiger partial charge in [0.2, 0.25) is 0 Å². The molecule has 1 aliphatic rings. The first kappa shape index (κ1) is 11.0. The Morgan fingerprint density at radius 1 is 1.06 bits per heavy atom. The van der Waals surface area contributed by atoms with Gasteiger partial charge in [-0.3, -0.25) is 0 Å². The Morgan fingerprint density at radius 2 is 1.75 bits per heavy atom. The minimum atomic E-state index is 1.17. The molecule has 0 aliphatic heterocycles. The standard InChI is InChI=1S/C15H19N/c1-12-5-4-6-14(11-12)13-7-9-15(10-8-13)16(2)3/h5,7-11H,4,6H2,1-3H3. The van der Waals surface area contributed by atoms with E-state index < -0.39 is 0 Å². The summed E-state index contributed by atoms with van der Waals surface area (Å²) in [4.78, 5) is 2.13. The van der Waals surface area contributed by atoms with Crippen LogP contribution in [0.1, 0.15) is 25.3 Å². The summed E-state index contributed by atoms with van der Waals surface area (Å²) in [5.41, 5.74) is 5.47. The second-order valence-electron chi connectivity index (χ2n) is 4.60. The van der Waals surface area contributed by atoms with Crippen LogP contribution in [0.2, 0.25) is 0 Å². The average molecular weight is 213 g/mol. The molecule has 0 heterocycles. The number of allylic oxidation sites excluding steroid dienone is 4. The zero-order chi connectivity index (χ0) is 11.5. The highest BCUT2D eigenvalue weighted by atomic mass is 15.1. The number of benzene rings is 1. The molecule has 0 saturated carbocycles. The van der Waals surface area contributed by atoms with E-state index in [0.717, 1.165) is 0 Å². The number of anilines is 1. The van der Waals surface area contributed by atoms with E-state index in [1.54, 1.807) is 0 Å². The van der Waals surface area contributed by atoms with Crippen LogP contribution in [-0.2, 0) is 0 Å². The van der Waals surface area contributed by atoms with Gasteiger partial charge in [-0.05, 0) is 43.0 Å². The number of hydrogen-bond donors (Lipinski definition) is 0. The normalized spacial score (nSPS) is 15.4. The Balaban J connectivity index is 2.25. The lowest BCUT2D eigenvalue weighted by atomic mass is 9.94. The zero-order valence-electron chi connectivity index (χ0n) is 10.3. The number of hydrogen-bond acceptors (Lipinski definition) is 1. The number of rotatable bonds is 2. The van der Waals surface area contributed by atoms with Crippen molar-refractivity contribution in [2.45, 2.75) is 19.8 Å². The van der Waals surface area contributed by atoms with Crippen molar-refractivity contribution in [1.29, 1.82) is 0 Å². The van der Waals surface area contributed by atoms with Gasteiger partial charge in [0, 0.05) is 19.8 Å². The Kier molecular flexibility index (Phi) is 3.14. The van der Waals surface area contributed by atoms with Gasteiger partial charge in [0.15, 0.2) is 0 Å². The third-order valence-corrected chi connectivity index (χ3v) is 3.04. The fraction of sp³-hybridized carbons (Fsp3) is 0.333. The van der Waals surface area contributed by atoms with E-state index in [9.17, 15) is 0 Å². The van der Waals surface area contributed by atoms with Crippen molar-refractivity contribution in [3.05, 3.63) is 47.6 Å². The SMILES string of the molecule is CC1=CCCC(c2ccc(N(C)C)cc2)=C1. The molecule has 1 heteroatoms. The molecule has 0 aromatic heterocycles. The molecule has 0 atom stereocenters. The molecule has 0 bridgehead atoms. The highest BCUT2D eigenvalue weighted by Crippen LogP contribution is 2.27. The largest absolute Gasteiger partial charge is 0.378 e. The minimum absolute atomic E-state index is 1.17. The summed E-state index contributed by atoms with van der Waals surface area (Å²) in [5.74, 6) is 0. The van der Waals surface area contributed by atoms with Gasteiger partial charge < -0.3 is 4.90 Å². The molecular formula is C15H19N. The van der Waals surface area contributed by atoms with Crippen molar-refractivity contribution >= 4 is 11.3 Å². The fourth-order valence-electron chi connectivity index (χ4n) is 2.06. The van der Waals surface area contributed by atoms with Gasteiger partial charge >= 0.3 is 0 Å². The van der Waals surface area contributed by atoms with Gasteiger partial charge in [-0.2, -0.15) is 0 Å². The topological polar surface area (TPSA) is 3.24 Å². The summed E-state index contributed by atoms with van der Waals surface area (Å²) in [6, 6.07) is 8.81. The molecule has 0 saturated heterocycles. The van der Waals surface area contributed by atoms with Gasteiger partial charge in [-0.1, -0.05) is 29.9 Å². The van der Waals surface area contributed by atoms with Crippen molar-refractivity contribution in [2.24, 2.45) is 0 Å². The molecule has 1 nitrogen and oxygen atoms in total. The monoisotopic (exact) mass is 213 g/mol. The first-order valence-corrected chi connectivity index (χ1v) is 5.82. The van der Waals surface area contributed by atoms with Crippen LogP contribution in [0.5, 0.6) is 0 Å². The number of nitrogens with zero attached hydrogens (tertiary/aromatic N) is 1. The van der Waals surface area contributed by atoms with Crippen LogP contribution in [0, 0.1) is 0 Å². The van der Waals surface area contributed by atoms with Crippen LogP contribution >= 0.6 is 0 Å². The van der Waals surface area contributed by atoms with Gasteiger partial charge in [-0.15, -0.1) is 0 Å². The van der Waals surface area contributed by atoms with Crippen LogP contribution < -0.4 is 4.90 Å². The summed E-state index contributed by atoms with van der Waals surface area (Å²) < 4.78 is 0. The molecule has 0 unspecified atom stereocenters. The van der Waals surface area contributed by atoms with E-state index >= 15 is 0 Å². The van der Waals surface area contributed by atoms with Crippen molar-refractivity contribution < 1.29 is 0 Å². The van der Waals surface area contributed by atoms with Gasteiger partial charge in [0.25, 0.3) is 0 Å².